The maximum absolute atomic E-state index is 14.7. The van der Waals surface area contributed by atoms with E-state index in [4.69, 9.17) is 10.00 Å². The van der Waals surface area contributed by atoms with E-state index in [-0.39, 0.29) is 27.7 Å². The molecule has 27 heavy (non-hydrogen) atoms. The zero-order chi connectivity index (χ0) is 19.2. The first-order chi connectivity index (χ1) is 13.1. The van der Waals surface area contributed by atoms with Gasteiger partial charge in [-0.1, -0.05) is 0 Å². The molecular formula is C20H23AsFN3O2. The van der Waals surface area contributed by atoms with E-state index in [9.17, 15) is 9.18 Å². The zero-order valence-electron chi connectivity index (χ0n) is 15.3. The van der Waals surface area contributed by atoms with Gasteiger partial charge in [-0.05, 0) is 0 Å². The molecule has 2 unspecified atom stereocenters. The van der Waals surface area contributed by atoms with Gasteiger partial charge in [0.15, 0.2) is 0 Å². The Hall–Kier alpha value is -2.25. The van der Waals surface area contributed by atoms with Crippen LogP contribution in [0, 0.1) is 17.1 Å². The number of carbonyl (C=O) groups excluding carboxylic acids is 1. The van der Waals surface area contributed by atoms with Gasteiger partial charge >= 0.3 is 148 Å². The van der Waals surface area contributed by atoms with Crippen LogP contribution in [0.1, 0.15) is 19.8 Å². The van der Waals surface area contributed by atoms with Crippen LogP contribution in [0.4, 0.5) is 20.6 Å². The number of nitrogens with zero attached hydrogens (tertiary/aromatic N) is 3. The molecule has 5 nitrogen and oxygen atoms in total. The van der Waals surface area contributed by atoms with Gasteiger partial charge in [0, 0.05) is 6.08 Å². The fourth-order valence-electron chi connectivity index (χ4n) is 3.35. The standard InChI is InChI=1S/C20H23AsFN3O2/c1-2-8-21-13-17-14-25(20(26)27-17)16-3-4-19(18(22)12-16)24-10-6-15(5-9-23)7-11-24/h2-5,8,12,17,21H,6-7,10-11,13-14H2,1H3. The number of carbonyl (C=O) groups is 1. The Labute approximate surface area is 165 Å². The number of amides is 1. The fourth-order valence-corrected chi connectivity index (χ4v) is 5.12. The van der Waals surface area contributed by atoms with E-state index in [0.29, 0.717) is 31.0 Å². The second kappa shape index (κ2) is 9.10. The van der Waals surface area contributed by atoms with Gasteiger partial charge in [-0.25, -0.2) is 0 Å². The molecular weight excluding hydrogens is 408 g/mol. The molecule has 7 heteroatoms. The number of rotatable bonds is 5. The molecule has 2 heterocycles. The number of nitriles is 1. The van der Waals surface area contributed by atoms with Gasteiger partial charge in [0.05, 0.1) is 6.07 Å². The van der Waals surface area contributed by atoms with Gasteiger partial charge in [0.1, 0.15) is 0 Å². The topological polar surface area (TPSA) is 56.6 Å². The number of anilines is 2. The van der Waals surface area contributed by atoms with E-state index >= 15 is 0 Å². The van der Waals surface area contributed by atoms with Crippen molar-refractivity contribution in [3.05, 3.63) is 46.6 Å². The molecule has 142 valence electrons. The van der Waals surface area contributed by atoms with Crippen LogP contribution in [0.5, 0.6) is 0 Å². The molecule has 0 saturated carbocycles. The van der Waals surface area contributed by atoms with E-state index in [0.717, 1.165) is 23.6 Å². The van der Waals surface area contributed by atoms with E-state index in [1.165, 1.54) is 11.0 Å². The number of allylic oxidation sites excluding steroid dienone is 2. The predicted octanol–water partition coefficient (Wildman–Crippen LogP) is 3.59. The summed E-state index contributed by atoms with van der Waals surface area (Å²) in [7, 11) is 0. The van der Waals surface area contributed by atoms with Crippen LogP contribution in [-0.2, 0) is 4.74 Å². The molecule has 2 saturated heterocycles. The molecule has 0 N–H and O–H groups in total. The normalized spacial score (nSPS) is 20.6. The average Bonchev–Trinajstić information content (AvgIpc) is 3.03. The van der Waals surface area contributed by atoms with Crippen LogP contribution in [0.15, 0.2) is 40.8 Å². The van der Waals surface area contributed by atoms with Crippen molar-refractivity contribution >= 4 is 33.2 Å². The predicted molar refractivity (Wildman–Crippen MR) is 106 cm³/mol. The van der Waals surface area contributed by atoms with Gasteiger partial charge in [-0.2, -0.15) is 5.26 Å². The molecule has 1 amide bonds. The molecule has 0 aromatic heterocycles. The van der Waals surface area contributed by atoms with Gasteiger partial charge in [0.2, 0.25) is 0 Å². The summed E-state index contributed by atoms with van der Waals surface area (Å²) in [6.45, 7) is 3.84. The van der Waals surface area contributed by atoms with Gasteiger partial charge < -0.3 is 0 Å². The van der Waals surface area contributed by atoms with Crippen LogP contribution in [0.25, 0.3) is 0 Å². The number of hydrogen-bond donors (Lipinski definition) is 0. The van der Waals surface area contributed by atoms with E-state index < -0.39 is 6.09 Å². The Kier molecular flexibility index (Phi) is 6.58. The Balaban J connectivity index is 1.66. The summed E-state index contributed by atoms with van der Waals surface area (Å²) >= 11 is -0.247. The van der Waals surface area contributed by atoms with Crippen LogP contribution < -0.4 is 9.80 Å². The molecule has 0 radical (unpaired) electrons. The molecule has 0 bridgehead atoms. The maximum atomic E-state index is 14.7. The van der Waals surface area contributed by atoms with Crippen LogP contribution in [0.2, 0.25) is 5.21 Å². The minimum atomic E-state index is -0.400. The number of piperidine rings is 1. The zero-order valence-corrected chi connectivity index (χ0v) is 17.4. The summed E-state index contributed by atoms with van der Waals surface area (Å²) in [4.78, 5) is 17.8. The molecule has 3 rings (SSSR count). The van der Waals surface area contributed by atoms with Gasteiger partial charge in [0.25, 0.3) is 0 Å². The summed E-state index contributed by atoms with van der Waals surface area (Å²) in [6.07, 6.45) is 4.65. The summed E-state index contributed by atoms with van der Waals surface area (Å²) in [5.41, 5.74) is 2.19. The molecule has 0 spiro atoms. The van der Waals surface area contributed by atoms with Crippen molar-refractivity contribution in [2.45, 2.75) is 31.1 Å². The molecule has 2 fully saturated rings. The van der Waals surface area contributed by atoms with E-state index in [2.05, 4.69) is 10.9 Å². The van der Waals surface area contributed by atoms with Crippen molar-refractivity contribution < 1.29 is 13.9 Å². The molecule has 2 aliphatic rings. The average molecular weight is 431 g/mol. The van der Waals surface area contributed by atoms with Crippen molar-refractivity contribution in [2.75, 3.05) is 29.4 Å². The monoisotopic (exact) mass is 431 g/mol. The van der Waals surface area contributed by atoms with Crippen molar-refractivity contribution in [3.8, 4) is 6.07 Å². The summed E-state index contributed by atoms with van der Waals surface area (Å²) in [5, 5.41) is 9.62. The molecule has 1 aromatic rings. The van der Waals surface area contributed by atoms with E-state index in [1.54, 1.807) is 18.2 Å². The summed E-state index contributed by atoms with van der Waals surface area (Å²) in [5.74, 6) is -0.334. The van der Waals surface area contributed by atoms with Gasteiger partial charge in [-0.15, -0.1) is 0 Å². The quantitative estimate of drug-likeness (QED) is 0.528. The first kappa shape index (κ1) is 19.5. The fraction of sp³-hybridized carbons (Fsp3) is 0.400. The van der Waals surface area contributed by atoms with Crippen molar-refractivity contribution in [1.29, 1.82) is 5.26 Å². The van der Waals surface area contributed by atoms with Crippen LogP contribution in [0.3, 0.4) is 0 Å². The Morgan fingerprint density at radius 3 is 2.85 bits per heavy atom. The Morgan fingerprint density at radius 1 is 1.41 bits per heavy atom. The first-order valence-electron chi connectivity index (χ1n) is 9.07. The molecule has 0 aliphatic carbocycles. The van der Waals surface area contributed by atoms with Crippen molar-refractivity contribution in [1.82, 2.24) is 0 Å². The third kappa shape index (κ3) is 4.73. The second-order valence-corrected chi connectivity index (χ2v) is 8.99. The van der Waals surface area contributed by atoms with E-state index in [1.807, 2.05) is 17.9 Å². The van der Waals surface area contributed by atoms with Gasteiger partial charge in [-0.3, -0.25) is 0 Å². The number of halogens is 1. The molecule has 1 aromatic carbocycles. The summed E-state index contributed by atoms with van der Waals surface area (Å²) < 4.78 is 20.1. The number of ether oxygens (including phenoxy) is 1. The SMILES string of the molecule is CC=C[AsH]CC1CN(c2ccc(N3CCC(=CC#N)CC3)c(F)c2)C(=O)O1. The Bertz CT molecular complexity index is 793. The first-order valence-corrected chi connectivity index (χ1v) is 11.8. The minimum absolute atomic E-state index is 0.108. The number of hydrogen-bond acceptors (Lipinski definition) is 4. The van der Waals surface area contributed by atoms with Crippen LogP contribution >= 0.6 is 0 Å². The van der Waals surface area contributed by atoms with Crippen molar-refractivity contribution in [2.24, 2.45) is 0 Å². The van der Waals surface area contributed by atoms with Crippen molar-refractivity contribution in [3.63, 3.8) is 0 Å². The number of cyclic esters (lactones) is 1. The Morgan fingerprint density at radius 2 is 2.19 bits per heavy atom. The third-order valence-electron chi connectivity index (χ3n) is 4.76. The summed E-state index contributed by atoms with van der Waals surface area (Å²) in [6, 6.07) is 7.00. The number of benzene rings is 1. The second-order valence-electron chi connectivity index (χ2n) is 6.58. The third-order valence-corrected chi connectivity index (χ3v) is 7.41. The molecule has 2 aliphatic heterocycles. The van der Waals surface area contributed by atoms with Crippen LogP contribution in [-0.4, -0.2) is 47.6 Å². The molecule has 2 atom stereocenters.